The molecule has 1 aliphatic heterocycles. The molecule has 6 heteroatoms. The minimum Gasteiger partial charge on any atom is -0.497 e. The first-order valence-electron chi connectivity index (χ1n) is 6.24. The number of nitrogens with one attached hydrogen (secondary N) is 1. The van der Waals surface area contributed by atoms with Crippen molar-refractivity contribution in [3.8, 4) is 5.75 Å². The molecule has 0 spiro atoms. The van der Waals surface area contributed by atoms with Gasteiger partial charge in [-0.3, -0.25) is 0 Å². The van der Waals surface area contributed by atoms with Crippen LogP contribution >= 0.6 is 0 Å². The molecular formula is C14H16N2O4. The Balaban J connectivity index is 2.20. The number of amides is 2. The van der Waals surface area contributed by atoms with Crippen molar-refractivity contribution in [1.29, 1.82) is 0 Å². The molecule has 0 unspecified atom stereocenters. The van der Waals surface area contributed by atoms with Crippen molar-refractivity contribution in [3.63, 3.8) is 0 Å². The van der Waals surface area contributed by atoms with Crippen LogP contribution in [-0.2, 0) is 0 Å². The fourth-order valence-corrected chi connectivity index (χ4v) is 1.96. The van der Waals surface area contributed by atoms with Gasteiger partial charge < -0.3 is 20.1 Å². The molecule has 6 nitrogen and oxygen atoms in total. The Bertz CT molecular complexity index is 554. The van der Waals surface area contributed by atoms with Gasteiger partial charge in [-0.25, -0.2) is 9.59 Å². The van der Waals surface area contributed by atoms with Crippen molar-refractivity contribution in [3.05, 3.63) is 35.9 Å². The van der Waals surface area contributed by atoms with Gasteiger partial charge >= 0.3 is 12.0 Å². The first-order valence-corrected chi connectivity index (χ1v) is 6.24. The molecule has 20 heavy (non-hydrogen) atoms. The van der Waals surface area contributed by atoms with Crippen LogP contribution < -0.4 is 10.1 Å². The number of carboxylic acid groups (broad SMARTS) is 1. The summed E-state index contributed by atoms with van der Waals surface area (Å²) in [6.45, 7) is 1.15. The molecule has 0 radical (unpaired) electrons. The molecule has 0 saturated heterocycles. The number of carbonyl (C=O) groups excluding carboxylic acids is 1. The molecule has 1 aliphatic rings. The summed E-state index contributed by atoms with van der Waals surface area (Å²) >= 11 is 0. The summed E-state index contributed by atoms with van der Waals surface area (Å²) in [7, 11) is 1.48. The number of methoxy groups -OCH3 is 1. The van der Waals surface area contributed by atoms with E-state index in [0.29, 0.717) is 18.8 Å². The maximum absolute atomic E-state index is 12.1. The summed E-state index contributed by atoms with van der Waals surface area (Å²) in [4.78, 5) is 24.9. The average Bonchev–Trinajstić information content (AvgIpc) is 2.47. The van der Waals surface area contributed by atoms with Crippen LogP contribution in [0.5, 0.6) is 5.75 Å². The lowest BCUT2D eigenvalue weighted by molar-refractivity contribution is 0.0698. The molecule has 1 aromatic carbocycles. The van der Waals surface area contributed by atoms with E-state index in [0.717, 1.165) is 6.42 Å². The molecule has 0 fully saturated rings. The lowest BCUT2D eigenvalue weighted by Crippen LogP contribution is -2.37. The molecule has 0 aliphatic carbocycles. The molecule has 1 heterocycles. The van der Waals surface area contributed by atoms with Crippen LogP contribution in [0.4, 0.5) is 10.5 Å². The Morgan fingerprint density at radius 1 is 1.35 bits per heavy atom. The Morgan fingerprint density at radius 3 is 2.75 bits per heavy atom. The predicted octanol–water partition coefficient (Wildman–Crippen LogP) is 2.19. The van der Waals surface area contributed by atoms with Crippen molar-refractivity contribution < 1.29 is 19.4 Å². The third-order valence-electron chi connectivity index (χ3n) is 3.04. The van der Waals surface area contributed by atoms with Gasteiger partial charge in [0.05, 0.1) is 18.4 Å². The first kappa shape index (κ1) is 13.9. The number of anilines is 1. The zero-order valence-electron chi connectivity index (χ0n) is 11.1. The summed E-state index contributed by atoms with van der Waals surface area (Å²) in [5, 5.41) is 11.8. The van der Waals surface area contributed by atoms with Gasteiger partial charge in [0, 0.05) is 19.2 Å². The number of aromatic carboxylic acids is 1. The molecule has 2 amide bonds. The Morgan fingerprint density at radius 2 is 2.15 bits per heavy atom. The Labute approximate surface area is 116 Å². The predicted molar refractivity (Wildman–Crippen MR) is 74.3 cm³/mol. The second-order valence-corrected chi connectivity index (χ2v) is 4.35. The van der Waals surface area contributed by atoms with Crippen molar-refractivity contribution in [2.75, 3.05) is 25.5 Å². The van der Waals surface area contributed by atoms with Gasteiger partial charge in [0.1, 0.15) is 5.75 Å². The van der Waals surface area contributed by atoms with Gasteiger partial charge in [-0.1, -0.05) is 12.2 Å². The summed E-state index contributed by atoms with van der Waals surface area (Å²) < 4.78 is 5.05. The SMILES string of the molecule is COc1ccc(C(=O)O)c(NC(=O)N2CC=CCC2)c1. The number of rotatable bonds is 3. The molecule has 1 aromatic rings. The highest BCUT2D eigenvalue weighted by Gasteiger charge is 2.18. The number of carboxylic acids is 1. The minimum atomic E-state index is -1.10. The van der Waals surface area contributed by atoms with E-state index < -0.39 is 5.97 Å². The molecular weight excluding hydrogens is 260 g/mol. The van der Waals surface area contributed by atoms with Gasteiger partial charge in [-0.2, -0.15) is 0 Å². The maximum atomic E-state index is 12.1. The van der Waals surface area contributed by atoms with Crippen molar-refractivity contribution in [2.24, 2.45) is 0 Å². The van der Waals surface area contributed by atoms with Gasteiger partial charge in [0.25, 0.3) is 0 Å². The molecule has 0 saturated carbocycles. The molecule has 106 valence electrons. The summed E-state index contributed by atoms with van der Waals surface area (Å²) in [6.07, 6.45) is 4.72. The van der Waals surface area contributed by atoms with E-state index in [-0.39, 0.29) is 17.3 Å². The normalized spacial score (nSPS) is 13.9. The van der Waals surface area contributed by atoms with Crippen molar-refractivity contribution in [1.82, 2.24) is 4.90 Å². The van der Waals surface area contributed by atoms with Crippen molar-refractivity contribution in [2.45, 2.75) is 6.42 Å². The van der Waals surface area contributed by atoms with Gasteiger partial charge in [-0.05, 0) is 18.6 Å². The highest BCUT2D eigenvalue weighted by atomic mass is 16.5. The van der Waals surface area contributed by atoms with Crippen LogP contribution in [0.15, 0.2) is 30.4 Å². The zero-order valence-corrected chi connectivity index (χ0v) is 11.1. The van der Waals surface area contributed by atoms with Gasteiger partial charge in [0.2, 0.25) is 0 Å². The third kappa shape index (κ3) is 3.09. The lowest BCUT2D eigenvalue weighted by Gasteiger charge is -2.24. The summed E-state index contributed by atoms with van der Waals surface area (Å²) in [5.41, 5.74) is 0.267. The molecule has 0 aromatic heterocycles. The topological polar surface area (TPSA) is 78.9 Å². The fourth-order valence-electron chi connectivity index (χ4n) is 1.96. The fraction of sp³-hybridized carbons (Fsp3) is 0.286. The van der Waals surface area contributed by atoms with Gasteiger partial charge in [-0.15, -0.1) is 0 Å². The quantitative estimate of drug-likeness (QED) is 0.829. The zero-order chi connectivity index (χ0) is 14.5. The maximum Gasteiger partial charge on any atom is 0.337 e. The molecule has 2 N–H and O–H groups in total. The van der Waals surface area contributed by atoms with Crippen LogP contribution in [-0.4, -0.2) is 42.2 Å². The highest BCUT2D eigenvalue weighted by molar-refractivity contribution is 6.00. The Kier molecular flexibility index (Phi) is 4.24. The summed E-state index contributed by atoms with van der Waals surface area (Å²) in [5.74, 6) is -0.606. The average molecular weight is 276 g/mol. The van der Waals surface area contributed by atoms with Gasteiger partial charge in [0.15, 0.2) is 0 Å². The number of ether oxygens (including phenoxy) is 1. The minimum absolute atomic E-state index is 0.0340. The Hall–Kier alpha value is -2.50. The number of hydrogen-bond donors (Lipinski definition) is 2. The van der Waals surface area contributed by atoms with E-state index in [1.54, 1.807) is 11.0 Å². The van der Waals surface area contributed by atoms with Crippen LogP contribution in [0.1, 0.15) is 16.8 Å². The first-order chi connectivity index (χ1) is 9.61. The monoisotopic (exact) mass is 276 g/mol. The number of urea groups is 1. The van der Waals surface area contributed by atoms with E-state index in [1.807, 2.05) is 12.2 Å². The highest BCUT2D eigenvalue weighted by Crippen LogP contribution is 2.23. The summed E-state index contributed by atoms with van der Waals surface area (Å²) in [6, 6.07) is 4.14. The second kappa shape index (κ2) is 6.10. The molecule has 0 atom stereocenters. The van der Waals surface area contributed by atoms with Crippen LogP contribution in [0.25, 0.3) is 0 Å². The van der Waals surface area contributed by atoms with E-state index in [4.69, 9.17) is 9.84 Å². The lowest BCUT2D eigenvalue weighted by atomic mass is 10.1. The number of hydrogen-bond acceptors (Lipinski definition) is 3. The smallest absolute Gasteiger partial charge is 0.337 e. The largest absolute Gasteiger partial charge is 0.497 e. The van der Waals surface area contributed by atoms with Crippen LogP contribution in [0.3, 0.4) is 0 Å². The van der Waals surface area contributed by atoms with E-state index in [1.165, 1.54) is 19.2 Å². The van der Waals surface area contributed by atoms with Crippen molar-refractivity contribution >= 4 is 17.7 Å². The van der Waals surface area contributed by atoms with Crippen LogP contribution in [0, 0.1) is 0 Å². The number of benzene rings is 1. The molecule has 0 bridgehead atoms. The standard InChI is InChI=1S/C14H16N2O4/c1-20-10-5-6-11(13(17)18)12(9-10)15-14(19)16-7-3-2-4-8-16/h2-3,5-6,9H,4,7-8H2,1H3,(H,15,19)(H,17,18). The third-order valence-corrected chi connectivity index (χ3v) is 3.04. The second-order valence-electron chi connectivity index (χ2n) is 4.35. The molecule has 2 rings (SSSR count). The number of nitrogens with zero attached hydrogens (tertiary/aromatic N) is 1. The number of carbonyl (C=O) groups is 2. The van der Waals surface area contributed by atoms with Crippen LogP contribution in [0.2, 0.25) is 0 Å². The van der Waals surface area contributed by atoms with E-state index >= 15 is 0 Å². The van der Waals surface area contributed by atoms with E-state index in [9.17, 15) is 9.59 Å². The van der Waals surface area contributed by atoms with E-state index in [2.05, 4.69) is 5.32 Å².